The van der Waals surface area contributed by atoms with Crippen LogP contribution in [0, 0.1) is 0 Å². The van der Waals surface area contributed by atoms with E-state index in [2.05, 4.69) is 26.0 Å². The summed E-state index contributed by atoms with van der Waals surface area (Å²) in [5.41, 5.74) is 7.55. The number of nitrogens with two attached hydrogens (primary N) is 1. The Bertz CT molecular complexity index is 742. The van der Waals surface area contributed by atoms with Crippen LogP contribution in [0.1, 0.15) is 5.56 Å². The molecule has 0 aliphatic rings. The molecule has 106 valence electrons. The van der Waals surface area contributed by atoms with E-state index in [1.165, 1.54) is 0 Å². The Labute approximate surface area is 130 Å². The maximum atomic E-state index is 5.75. The topological polar surface area (TPSA) is 66.0 Å². The zero-order valence-electron chi connectivity index (χ0n) is 11.1. The molecule has 1 heterocycles. The highest BCUT2D eigenvalue weighted by atomic mass is 79.9. The van der Waals surface area contributed by atoms with Gasteiger partial charge in [-0.2, -0.15) is 4.98 Å². The van der Waals surface area contributed by atoms with E-state index in [-0.39, 0.29) is 6.01 Å². The van der Waals surface area contributed by atoms with Gasteiger partial charge in [0.2, 0.25) is 0 Å². The van der Waals surface area contributed by atoms with Crippen molar-refractivity contribution in [2.45, 2.75) is 6.54 Å². The van der Waals surface area contributed by atoms with Crippen molar-refractivity contribution in [3.05, 3.63) is 64.9 Å². The van der Waals surface area contributed by atoms with E-state index in [0.29, 0.717) is 12.3 Å². The van der Waals surface area contributed by atoms with Crippen LogP contribution in [-0.2, 0) is 6.54 Å². The number of ether oxygens (including phenoxy) is 1. The summed E-state index contributed by atoms with van der Waals surface area (Å²) in [5, 5.41) is 4.31. The zero-order valence-corrected chi connectivity index (χ0v) is 12.7. The molecule has 6 heteroatoms. The lowest BCUT2D eigenvalue weighted by atomic mass is 10.2. The number of rotatable bonds is 4. The molecule has 0 saturated carbocycles. The highest BCUT2D eigenvalue weighted by Crippen LogP contribution is 2.29. The van der Waals surface area contributed by atoms with E-state index in [9.17, 15) is 0 Å². The SMILES string of the molecule is NCc1c(Br)cccc1Oc1ncn(-c2ccccc2)n1. The van der Waals surface area contributed by atoms with Crippen LogP contribution in [-0.4, -0.2) is 14.8 Å². The number of para-hydroxylation sites is 1. The lowest BCUT2D eigenvalue weighted by molar-refractivity contribution is 0.436. The molecule has 0 bridgehead atoms. The number of hydrogen-bond acceptors (Lipinski definition) is 4. The van der Waals surface area contributed by atoms with Gasteiger partial charge < -0.3 is 10.5 Å². The number of halogens is 1. The Hall–Kier alpha value is -2.18. The fraction of sp³-hybridized carbons (Fsp3) is 0.0667. The van der Waals surface area contributed by atoms with Crippen LogP contribution in [0.15, 0.2) is 59.3 Å². The van der Waals surface area contributed by atoms with Gasteiger partial charge in [-0.3, -0.25) is 0 Å². The molecule has 0 amide bonds. The third kappa shape index (κ3) is 2.96. The van der Waals surface area contributed by atoms with Gasteiger partial charge in [0, 0.05) is 16.6 Å². The summed E-state index contributed by atoms with van der Waals surface area (Å²) in [4.78, 5) is 4.17. The van der Waals surface area contributed by atoms with Crippen molar-refractivity contribution in [1.29, 1.82) is 0 Å². The van der Waals surface area contributed by atoms with E-state index < -0.39 is 0 Å². The monoisotopic (exact) mass is 344 g/mol. The lowest BCUT2D eigenvalue weighted by Gasteiger charge is -2.08. The second-order valence-electron chi connectivity index (χ2n) is 4.33. The Balaban J connectivity index is 1.87. The van der Waals surface area contributed by atoms with Crippen LogP contribution < -0.4 is 10.5 Å². The van der Waals surface area contributed by atoms with Gasteiger partial charge in [0.1, 0.15) is 12.1 Å². The first-order valence-corrected chi connectivity index (χ1v) is 7.19. The molecule has 0 fully saturated rings. The lowest BCUT2D eigenvalue weighted by Crippen LogP contribution is -2.01. The summed E-state index contributed by atoms with van der Waals surface area (Å²) >= 11 is 3.46. The third-order valence-electron chi connectivity index (χ3n) is 2.97. The van der Waals surface area contributed by atoms with Crippen LogP contribution in [0.5, 0.6) is 11.8 Å². The predicted molar refractivity (Wildman–Crippen MR) is 83.5 cm³/mol. The van der Waals surface area contributed by atoms with E-state index in [1.54, 1.807) is 11.0 Å². The minimum absolute atomic E-state index is 0.284. The van der Waals surface area contributed by atoms with Gasteiger partial charge in [0.05, 0.1) is 5.69 Å². The highest BCUT2D eigenvalue weighted by Gasteiger charge is 2.10. The third-order valence-corrected chi connectivity index (χ3v) is 3.72. The quantitative estimate of drug-likeness (QED) is 0.788. The molecule has 0 aliphatic heterocycles. The molecule has 0 aliphatic carbocycles. The number of hydrogen-bond donors (Lipinski definition) is 1. The van der Waals surface area contributed by atoms with Crippen molar-refractivity contribution < 1.29 is 4.74 Å². The molecule has 0 saturated heterocycles. The molecule has 2 aromatic carbocycles. The van der Waals surface area contributed by atoms with Crippen molar-refractivity contribution >= 4 is 15.9 Å². The minimum Gasteiger partial charge on any atom is -0.423 e. The molecule has 0 radical (unpaired) electrons. The highest BCUT2D eigenvalue weighted by molar-refractivity contribution is 9.10. The summed E-state index contributed by atoms with van der Waals surface area (Å²) in [7, 11) is 0. The molecular weight excluding hydrogens is 332 g/mol. The first-order chi connectivity index (χ1) is 10.3. The normalized spacial score (nSPS) is 10.6. The minimum atomic E-state index is 0.284. The Morgan fingerprint density at radius 3 is 2.67 bits per heavy atom. The second kappa shape index (κ2) is 6.07. The molecule has 21 heavy (non-hydrogen) atoms. The van der Waals surface area contributed by atoms with Crippen LogP contribution in [0.25, 0.3) is 5.69 Å². The van der Waals surface area contributed by atoms with Crippen LogP contribution in [0.2, 0.25) is 0 Å². The van der Waals surface area contributed by atoms with Crippen LogP contribution >= 0.6 is 15.9 Å². The Morgan fingerprint density at radius 2 is 1.90 bits per heavy atom. The summed E-state index contributed by atoms with van der Waals surface area (Å²) in [6.07, 6.45) is 1.62. The second-order valence-corrected chi connectivity index (χ2v) is 5.18. The molecule has 5 nitrogen and oxygen atoms in total. The van der Waals surface area contributed by atoms with Gasteiger partial charge in [-0.1, -0.05) is 40.2 Å². The van der Waals surface area contributed by atoms with Gasteiger partial charge in [0.25, 0.3) is 0 Å². The van der Waals surface area contributed by atoms with E-state index in [1.807, 2.05) is 48.5 Å². The van der Waals surface area contributed by atoms with Crippen molar-refractivity contribution in [3.63, 3.8) is 0 Å². The average Bonchev–Trinajstić information content (AvgIpc) is 2.97. The predicted octanol–water partition coefficient (Wildman–Crippen LogP) is 3.28. The zero-order chi connectivity index (χ0) is 14.7. The standard InChI is InChI=1S/C15H13BrN4O/c16-13-7-4-8-14(12(13)9-17)21-15-18-10-20(19-15)11-5-2-1-3-6-11/h1-8,10H,9,17H2. The molecular formula is C15H13BrN4O. The van der Waals surface area contributed by atoms with Crippen molar-refractivity contribution in [2.24, 2.45) is 5.73 Å². The van der Waals surface area contributed by atoms with Gasteiger partial charge >= 0.3 is 6.01 Å². The van der Waals surface area contributed by atoms with Crippen molar-refractivity contribution in [1.82, 2.24) is 14.8 Å². The Morgan fingerprint density at radius 1 is 1.10 bits per heavy atom. The molecule has 0 unspecified atom stereocenters. The number of benzene rings is 2. The molecule has 2 N–H and O–H groups in total. The first kappa shape index (κ1) is 13.8. The van der Waals surface area contributed by atoms with Gasteiger partial charge in [-0.15, -0.1) is 5.10 Å². The Kier molecular flexibility index (Phi) is 3.98. The van der Waals surface area contributed by atoms with Gasteiger partial charge in [-0.05, 0) is 24.3 Å². The van der Waals surface area contributed by atoms with E-state index in [0.717, 1.165) is 15.7 Å². The smallest absolute Gasteiger partial charge is 0.341 e. The fourth-order valence-corrected chi connectivity index (χ4v) is 2.44. The maximum absolute atomic E-state index is 5.75. The molecule has 3 aromatic rings. The summed E-state index contributed by atoms with van der Waals surface area (Å²) in [6.45, 7) is 0.371. The summed E-state index contributed by atoms with van der Waals surface area (Å²) in [6, 6.07) is 15.7. The maximum Gasteiger partial charge on any atom is 0.341 e. The number of aromatic nitrogens is 3. The van der Waals surface area contributed by atoms with Crippen LogP contribution in [0.4, 0.5) is 0 Å². The summed E-state index contributed by atoms with van der Waals surface area (Å²) in [5.74, 6) is 0.651. The number of nitrogens with zero attached hydrogens (tertiary/aromatic N) is 3. The fourth-order valence-electron chi connectivity index (χ4n) is 1.93. The van der Waals surface area contributed by atoms with Gasteiger partial charge in [0.15, 0.2) is 0 Å². The van der Waals surface area contributed by atoms with Crippen molar-refractivity contribution in [2.75, 3.05) is 0 Å². The molecule has 0 spiro atoms. The largest absolute Gasteiger partial charge is 0.423 e. The summed E-state index contributed by atoms with van der Waals surface area (Å²) < 4.78 is 8.30. The molecule has 3 rings (SSSR count). The van der Waals surface area contributed by atoms with Crippen LogP contribution in [0.3, 0.4) is 0 Å². The van der Waals surface area contributed by atoms with Gasteiger partial charge in [-0.25, -0.2) is 4.68 Å². The van der Waals surface area contributed by atoms with Crippen molar-refractivity contribution in [3.8, 4) is 17.4 Å². The first-order valence-electron chi connectivity index (χ1n) is 6.40. The van der Waals surface area contributed by atoms with E-state index >= 15 is 0 Å². The molecule has 0 atom stereocenters. The average molecular weight is 345 g/mol. The molecule has 1 aromatic heterocycles. The van der Waals surface area contributed by atoms with E-state index in [4.69, 9.17) is 10.5 Å².